The van der Waals surface area contributed by atoms with Crippen LogP contribution in [0, 0.1) is 0 Å². The molecule has 8 heteroatoms. The van der Waals surface area contributed by atoms with Crippen LogP contribution in [0.25, 0.3) is 0 Å². The summed E-state index contributed by atoms with van der Waals surface area (Å²) in [7, 11) is -3.58. The molecular weight excluding hydrogens is 394 g/mol. The summed E-state index contributed by atoms with van der Waals surface area (Å²) in [6.45, 7) is 0.211. The fourth-order valence-electron chi connectivity index (χ4n) is 3.14. The molecular formula is C20H25N3O3S2. The SMILES string of the molecule is O=C(CSc1ccc(S(=O)(=O)NCc2ccncc2)cc1)NC1CCCCC1. The summed E-state index contributed by atoms with van der Waals surface area (Å²) in [5.41, 5.74) is 0.842. The Labute approximate surface area is 170 Å². The summed E-state index contributed by atoms with van der Waals surface area (Å²) in [5.74, 6) is 0.371. The smallest absolute Gasteiger partial charge is 0.240 e. The molecule has 0 bridgehead atoms. The van der Waals surface area contributed by atoms with Crippen molar-refractivity contribution in [2.75, 3.05) is 5.75 Å². The maximum Gasteiger partial charge on any atom is 0.240 e. The van der Waals surface area contributed by atoms with Gasteiger partial charge in [-0.3, -0.25) is 9.78 Å². The van der Waals surface area contributed by atoms with Crippen LogP contribution < -0.4 is 10.0 Å². The molecule has 0 radical (unpaired) electrons. The number of pyridine rings is 1. The number of carbonyl (C=O) groups is 1. The molecule has 1 aliphatic rings. The average molecular weight is 420 g/mol. The second kappa shape index (κ2) is 10.0. The van der Waals surface area contributed by atoms with E-state index in [9.17, 15) is 13.2 Å². The number of nitrogens with one attached hydrogen (secondary N) is 2. The minimum atomic E-state index is -3.58. The highest BCUT2D eigenvalue weighted by molar-refractivity contribution is 8.00. The van der Waals surface area contributed by atoms with Gasteiger partial charge in [-0.15, -0.1) is 11.8 Å². The van der Waals surface area contributed by atoms with Gasteiger partial charge in [0.05, 0.1) is 10.6 Å². The van der Waals surface area contributed by atoms with Gasteiger partial charge < -0.3 is 5.32 Å². The monoisotopic (exact) mass is 419 g/mol. The number of aromatic nitrogens is 1. The van der Waals surface area contributed by atoms with Gasteiger partial charge in [-0.2, -0.15) is 0 Å². The van der Waals surface area contributed by atoms with E-state index in [0.29, 0.717) is 11.8 Å². The van der Waals surface area contributed by atoms with E-state index in [4.69, 9.17) is 0 Å². The van der Waals surface area contributed by atoms with Crippen LogP contribution in [-0.2, 0) is 21.4 Å². The quantitative estimate of drug-likeness (QED) is 0.642. The first-order valence-electron chi connectivity index (χ1n) is 9.44. The summed E-state index contributed by atoms with van der Waals surface area (Å²) in [6, 6.07) is 10.4. The lowest BCUT2D eigenvalue weighted by molar-refractivity contribution is -0.119. The van der Waals surface area contributed by atoms with Gasteiger partial charge in [0.2, 0.25) is 15.9 Å². The minimum absolute atomic E-state index is 0.0348. The second-order valence-corrected chi connectivity index (χ2v) is 9.66. The molecule has 0 unspecified atom stereocenters. The lowest BCUT2D eigenvalue weighted by atomic mass is 9.95. The number of hydrogen-bond donors (Lipinski definition) is 2. The average Bonchev–Trinajstić information content (AvgIpc) is 2.73. The Hall–Kier alpha value is -1.90. The Morgan fingerprint density at radius 3 is 2.39 bits per heavy atom. The summed E-state index contributed by atoms with van der Waals surface area (Å²) in [4.78, 5) is 17.1. The van der Waals surface area contributed by atoms with Crippen LogP contribution in [-0.4, -0.2) is 31.1 Å². The first-order valence-corrected chi connectivity index (χ1v) is 11.9. The van der Waals surface area contributed by atoms with E-state index < -0.39 is 10.0 Å². The molecule has 0 saturated heterocycles. The maximum atomic E-state index is 12.4. The van der Waals surface area contributed by atoms with E-state index in [0.717, 1.165) is 23.3 Å². The number of thioether (sulfide) groups is 1. The summed E-state index contributed by atoms with van der Waals surface area (Å²) >= 11 is 1.41. The molecule has 0 aliphatic heterocycles. The third kappa shape index (κ3) is 6.32. The number of amides is 1. The normalized spacial score (nSPS) is 15.3. The van der Waals surface area contributed by atoms with Gasteiger partial charge in [0.15, 0.2) is 0 Å². The van der Waals surface area contributed by atoms with Crippen molar-refractivity contribution in [3.05, 3.63) is 54.4 Å². The van der Waals surface area contributed by atoms with Crippen molar-refractivity contribution in [1.29, 1.82) is 0 Å². The number of nitrogens with zero attached hydrogens (tertiary/aromatic N) is 1. The zero-order valence-electron chi connectivity index (χ0n) is 15.6. The van der Waals surface area contributed by atoms with Crippen LogP contribution in [0.4, 0.5) is 0 Å². The van der Waals surface area contributed by atoms with Crippen LogP contribution in [0.3, 0.4) is 0 Å². The van der Waals surface area contributed by atoms with Crippen molar-refractivity contribution in [3.63, 3.8) is 0 Å². The molecule has 2 aromatic rings. The molecule has 1 saturated carbocycles. The Kier molecular flexibility index (Phi) is 7.47. The van der Waals surface area contributed by atoms with Gasteiger partial charge in [0.1, 0.15) is 0 Å². The molecule has 0 atom stereocenters. The van der Waals surface area contributed by atoms with Crippen LogP contribution >= 0.6 is 11.8 Å². The molecule has 3 rings (SSSR count). The highest BCUT2D eigenvalue weighted by Gasteiger charge is 2.16. The van der Waals surface area contributed by atoms with Crippen LogP contribution in [0.15, 0.2) is 58.6 Å². The minimum Gasteiger partial charge on any atom is -0.353 e. The predicted octanol–water partition coefficient (Wildman–Crippen LogP) is 3.10. The fourth-order valence-corrected chi connectivity index (χ4v) is 4.87. The first-order chi connectivity index (χ1) is 13.5. The Morgan fingerprint density at radius 1 is 1.04 bits per heavy atom. The van der Waals surface area contributed by atoms with Crippen LogP contribution in [0.2, 0.25) is 0 Å². The number of sulfonamides is 1. The lowest BCUT2D eigenvalue weighted by Gasteiger charge is -2.22. The van der Waals surface area contributed by atoms with Gasteiger partial charge >= 0.3 is 0 Å². The molecule has 1 aromatic heterocycles. The van der Waals surface area contributed by atoms with E-state index >= 15 is 0 Å². The molecule has 1 amide bonds. The van der Waals surface area contributed by atoms with E-state index in [2.05, 4.69) is 15.0 Å². The van der Waals surface area contributed by atoms with Gasteiger partial charge in [-0.1, -0.05) is 19.3 Å². The van der Waals surface area contributed by atoms with Crippen molar-refractivity contribution in [2.24, 2.45) is 0 Å². The molecule has 6 nitrogen and oxygen atoms in total. The Bertz CT molecular complexity index is 865. The van der Waals surface area contributed by atoms with E-state index in [-0.39, 0.29) is 17.3 Å². The summed E-state index contributed by atoms with van der Waals surface area (Å²) < 4.78 is 27.4. The van der Waals surface area contributed by atoms with E-state index in [1.165, 1.54) is 31.0 Å². The molecule has 28 heavy (non-hydrogen) atoms. The zero-order valence-corrected chi connectivity index (χ0v) is 17.3. The molecule has 1 aromatic carbocycles. The molecule has 150 valence electrons. The predicted molar refractivity (Wildman–Crippen MR) is 110 cm³/mol. The Balaban J connectivity index is 1.48. The number of hydrogen-bond acceptors (Lipinski definition) is 5. The van der Waals surface area contributed by atoms with Crippen molar-refractivity contribution in [3.8, 4) is 0 Å². The largest absolute Gasteiger partial charge is 0.353 e. The fraction of sp³-hybridized carbons (Fsp3) is 0.400. The van der Waals surface area contributed by atoms with Gasteiger partial charge in [0.25, 0.3) is 0 Å². The van der Waals surface area contributed by atoms with Gasteiger partial charge in [-0.25, -0.2) is 13.1 Å². The van der Waals surface area contributed by atoms with Crippen molar-refractivity contribution >= 4 is 27.7 Å². The van der Waals surface area contributed by atoms with E-state index in [1.54, 1.807) is 48.8 Å². The Morgan fingerprint density at radius 2 is 1.71 bits per heavy atom. The van der Waals surface area contributed by atoms with Crippen molar-refractivity contribution < 1.29 is 13.2 Å². The van der Waals surface area contributed by atoms with Gasteiger partial charge in [-0.05, 0) is 54.8 Å². The van der Waals surface area contributed by atoms with E-state index in [1.807, 2.05) is 0 Å². The van der Waals surface area contributed by atoms with Crippen LogP contribution in [0.5, 0.6) is 0 Å². The molecule has 2 N–H and O–H groups in total. The molecule has 1 fully saturated rings. The molecule has 1 heterocycles. The summed E-state index contributed by atoms with van der Waals surface area (Å²) in [5, 5.41) is 3.09. The molecule has 1 aliphatic carbocycles. The standard InChI is InChI=1S/C20H25N3O3S2/c24-20(23-17-4-2-1-3-5-17)15-27-18-6-8-19(9-7-18)28(25,26)22-14-16-10-12-21-13-11-16/h6-13,17,22H,1-5,14-15H2,(H,23,24). The lowest BCUT2D eigenvalue weighted by Crippen LogP contribution is -2.37. The number of rotatable bonds is 8. The second-order valence-electron chi connectivity index (χ2n) is 6.84. The first kappa shape index (κ1) is 20.8. The van der Waals surface area contributed by atoms with Crippen molar-refractivity contribution in [2.45, 2.75) is 54.5 Å². The van der Waals surface area contributed by atoms with Crippen molar-refractivity contribution in [1.82, 2.24) is 15.0 Å². The number of benzene rings is 1. The van der Waals surface area contributed by atoms with Gasteiger partial charge in [0, 0.05) is 29.9 Å². The van der Waals surface area contributed by atoms with Crippen LogP contribution in [0.1, 0.15) is 37.7 Å². The topological polar surface area (TPSA) is 88.2 Å². The third-order valence-electron chi connectivity index (χ3n) is 4.69. The summed E-state index contributed by atoms with van der Waals surface area (Å²) in [6.07, 6.45) is 9.01. The zero-order chi connectivity index (χ0) is 19.8. The number of carbonyl (C=O) groups excluding carboxylic acids is 1. The highest BCUT2D eigenvalue weighted by atomic mass is 32.2. The third-order valence-corrected chi connectivity index (χ3v) is 7.12. The maximum absolute atomic E-state index is 12.4. The molecule has 0 spiro atoms. The highest BCUT2D eigenvalue weighted by Crippen LogP contribution is 2.21.